The van der Waals surface area contributed by atoms with Crippen molar-refractivity contribution >= 4 is 22.0 Å². The van der Waals surface area contributed by atoms with E-state index in [1.807, 2.05) is 33.8 Å². The van der Waals surface area contributed by atoms with Crippen LogP contribution in [0, 0.1) is 6.92 Å². The fourth-order valence-electron chi connectivity index (χ4n) is 1.22. The lowest BCUT2D eigenvalue weighted by molar-refractivity contribution is 0.0523. The predicted octanol–water partition coefficient (Wildman–Crippen LogP) is 3.18. The molecule has 1 rings (SSSR count). The number of amides is 1. The largest absolute Gasteiger partial charge is 0.444 e. The lowest BCUT2D eigenvalue weighted by Gasteiger charge is -2.19. The van der Waals surface area contributed by atoms with E-state index in [4.69, 9.17) is 4.74 Å². The minimum Gasteiger partial charge on any atom is -0.444 e. The molecule has 0 spiro atoms. The molecule has 0 radical (unpaired) electrons. The number of halogens is 1. The van der Waals surface area contributed by atoms with Crippen molar-refractivity contribution in [3.05, 3.63) is 28.0 Å². The Morgan fingerprint density at radius 2 is 2.18 bits per heavy atom. The highest BCUT2D eigenvalue weighted by Gasteiger charge is 2.16. The zero-order chi connectivity index (χ0) is 13.1. The SMILES string of the molecule is Cc1cnc(Br)c(CNC(=O)OC(C)(C)C)c1. The Bertz CT molecular complexity index is 413. The number of rotatable bonds is 2. The number of carbonyl (C=O) groups is 1. The van der Waals surface area contributed by atoms with Gasteiger partial charge in [-0.15, -0.1) is 0 Å². The number of pyridine rings is 1. The molecule has 1 aromatic heterocycles. The van der Waals surface area contributed by atoms with E-state index in [1.165, 1.54) is 0 Å². The molecule has 0 aliphatic heterocycles. The van der Waals surface area contributed by atoms with Crippen LogP contribution in [0.5, 0.6) is 0 Å². The van der Waals surface area contributed by atoms with Crippen molar-refractivity contribution in [2.45, 2.75) is 39.8 Å². The van der Waals surface area contributed by atoms with E-state index < -0.39 is 11.7 Å². The molecule has 0 saturated carbocycles. The summed E-state index contributed by atoms with van der Waals surface area (Å²) in [5.74, 6) is 0. The van der Waals surface area contributed by atoms with Crippen LogP contribution in [0.1, 0.15) is 31.9 Å². The second kappa shape index (κ2) is 5.49. The van der Waals surface area contributed by atoms with Gasteiger partial charge < -0.3 is 10.1 Å². The van der Waals surface area contributed by atoms with Gasteiger partial charge in [0.2, 0.25) is 0 Å². The minimum absolute atomic E-state index is 0.393. The van der Waals surface area contributed by atoms with Crippen LogP contribution in [0.25, 0.3) is 0 Å². The van der Waals surface area contributed by atoms with Crippen molar-refractivity contribution in [3.63, 3.8) is 0 Å². The van der Waals surface area contributed by atoms with Crippen LogP contribution < -0.4 is 5.32 Å². The summed E-state index contributed by atoms with van der Waals surface area (Å²) in [6, 6.07) is 1.97. The van der Waals surface area contributed by atoms with Crippen LogP contribution in [-0.4, -0.2) is 16.7 Å². The van der Waals surface area contributed by atoms with Crippen molar-refractivity contribution in [2.24, 2.45) is 0 Å². The number of aryl methyl sites for hydroxylation is 1. The predicted molar refractivity (Wildman–Crippen MR) is 69.7 cm³/mol. The Hall–Kier alpha value is -1.10. The molecule has 1 N–H and O–H groups in total. The number of nitrogens with zero attached hydrogens (tertiary/aromatic N) is 1. The van der Waals surface area contributed by atoms with Crippen molar-refractivity contribution in [2.75, 3.05) is 0 Å². The van der Waals surface area contributed by atoms with Gasteiger partial charge in [-0.2, -0.15) is 0 Å². The van der Waals surface area contributed by atoms with Gasteiger partial charge in [0.25, 0.3) is 0 Å². The van der Waals surface area contributed by atoms with Gasteiger partial charge in [0.1, 0.15) is 10.2 Å². The van der Waals surface area contributed by atoms with Crippen LogP contribution >= 0.6 is 15.9 Å². The Morgan fingerprint density at radius 3 is 2.76 bits per heavy atom. The van der Waals surface area contributed by atoms with Gasteiger partial charge in [-0.05, 0) is 49.2 Å². The third-order valence-corrected chi connectivity index (χ3v) is 2.58. The second-order valence-electron chi connectivity index (χ2n) is 4.82. The number of nitrogens with one attached hydrogen (secondary N) is 1. The third kappa shape index (κ3) is 5.17. The van der Waals surface area contributed by atoms with Gasteiger partial charge in [0.05, 0.1) is 0 Å². The molecule has 0 aliphatic carbocycles. The van der Waals surface area contributed by atoms with Gasteiger partial charge >= 0.3 is 6.09 Å². The molecule has 94 valence electrons. The maximum atomic E-state index is 11.5. The fraction of sp³-hybridized carbons (Fsp3) is 0.500. The van der Waals surface area contributed by atoms with E-state index in [9.17, 15) is 4.79 Å². The molecule has 1 aromatic rings. The zero-order valence-electron chi connectivity index (χ0n) is 10.5. The highest BCUT2D eigenvalue weighted by Crippen LogP contribution is 2.14. The molecule has 0 bridgehead atoms. The summed E-state index contributed by atoms with van der Waals surface area (Å²) in [5.41, 5.74) is 1.50. The first-order chi connectivity index (χ1) is 7.78. The van der Waals surface area contributed by atoms with Gasteiger partial charge in [-0.25, -0.2) is 9.78 Å². The lowest BCUT2D eigenvalue weighted by Crippen LogP contribution is -2.32. The molecule has 1 heterocycles. The molecule has 5 heteroatoms. The van der Waals surface area contributed by atoms with Crippen molar-refractivity contribution in [1.82, 2.24) is 10.3 Å². The first kappa shape index (κ1) is 14.0. The Morgan fingerprint density at radius 1 is 1.53 bits per heavy atom. The number of aromatic nitrogens is 1. The smallest absolute Gasteiger partial charge is 0.407 e. The third-order valence-electron chi connectivity index (χ3n) is 1.87. The highest BCUT2D eigenvalue weighted by atomic mass is 79.9. The Balaban J connectivity index is 2.56. The molecule has 0 aromatic carbocycles. The van der Waals surface area contributed by atoms with Gasteiger partial charge in [0, 0.05) is 18.3 Å². The van der Waals surface area contributed by atoms with Crippen LogP contribution in [0.2, 0.25) is 0 Å². The van der Waals surface area contributed by atoms with Crippen molar-refractivity contribution in [1.29, 1.82) is 0 Å². The van der Waals surface area contributed by atoms with Gasteiger partial charge in [0.15, 0.2) is 0 Å². The summed E-state index contributed by atoms with van der Waals surface area (Å²) in [6.45, 7) is 7.84. The summed E-state index contributed by atoms with van der Waals surface area (Å²) in [4.78, 5) is 15.6. The summed E-state index contributed by atoms with van der Waals surface area (Å²) in [5, 5.41) is 2.69. The number of alkyl carbamates (subject to hydrolysis) is 1. The molecule has 0 aliphatic rings. The zero-order valence-corrected chi connectivity index (χ0v) is 12.1. The molecule has 0 saturated heterocycles. The number of hydrogen-bond donors (Lipinski definition) is 1. The van der Waals surface area contributed by atoms with E-state index in [2.05, 4.69) is 26.2 Å². The Kier molecular flexibility index (Phi) is 4.51. The fourth-order valence-corrected chi connectivity index (χ4v) is 1.58. The molecule has 4 nitrogen and oxygen atoms in total. The number of ether oxygens (including phenoxy) is 1. The molecule has 0 atom stereocenters. The Labute approximate surface area is 110 Å². The van der Waals surface area contributed by atoms with E-state index >= 15 is 0 Å². The first-order valence-electron chi connectivity index (χ1n) is 5.36. The maximum absolute atomic E-state index is 11.5. The minimum atomic E-state index is -0.480. The van der Waals surface area contributed by atoms with E-state index in [0.717, 1.165) is 15.7 Å². The monoisotopic (exact) mass is 300 g/mol. The average Bonchev–Trinajstić information content (AvgIpc) is 2.17. The van der Waals surface area contributed by atoms with E-state index in [1.54, 1.807) is 6.20 Å². The van der Waals surface area contributed by atoms with Crippen LogP contribution in [-0.2, 0) is 11.3 Å². The van der Waals surface area contributed by atoms with Crippen LogP contribution in [0.15, 0.2) is 16.9 Å². The maximum Gasteiger partial charge on any atom is 0.407 e. The second-order valence-corrected chi connectivity index (χ2v) is 5.57. The van der Waals surface area contributed by atoms with Crippen molar-refractivity contribution < 1.29 is 9.53 Å². The van der Waals surface area contributed by atoms with Crippen molar-refractivity contribution in [3.8, 4) is 0 Å². The summed E-state index contributed by atoms with van der Waals surface area (Å²) >= 11 is 3.34. The summed E-state index contributed by atoms with van der Waals surface area (Å²) in [6.07, 6.45) is 1.34. The topological polar surface area (TPSA) is 51.2 Å². The van der Waals surface area contributed by atoms with Gasteiger partial charge in [-0.3, -0.25) is 0 Å². The normalized spacial score (nSPS) is 11.1. The summed E-state index contributed by atoms with van der Waals surface area (Å²) < 4.78 is 5.88. The average molecular weight is 301 g/mol. The molecule has 0 unspecified atom stereocenters. The van der Waals surface area contributed by atoms with Crippen LogP contribution in [0.3, 0.4) is 0 Å². The highest BCUT2D eigenvalue weighted by molar-refractivity contribution is 9.10. The number of hydrogen-bond acceptors (Lipinski definition) is 3. The molecule has 17 heavy (non-hydrogen) atoms. The summed E-state index contributed by atoms with van der Waals surface area (Å²) in [7, 11) is 0. The molecular formula is C12H17BrN2O2. The van der Waals surface area contributed by atoms with E-state index in [-0.39, 0.29) is 0 Å². The molecule has 1 amide bonds. The standard InChI is InChI=1S/C12H17BrN2O2/c1-8-5-9(10(13)14-6-8)7-15-11(16)17-12(2,3)4/h5-6H,7H2,1-4H3,(H,15,16). The van der Waals surface area contributed by atoms with Gasteiger partial charge in [-0.1, -0.05) is 6.07 Å². The molecule has 0 fully saturated rings. The van der Waals surface area contributed by atoms with E-state index in [0.29, 0.717) is 6.54 Å². The van der Waals surface area contributed by atoms with Crippen LogP contribution in [0.4, 0.5) is 4.79 Å². The quantitative estimate of drug-likeness (QED) is 0.854. The number of carbonyl (C=O) groups excluding carboxylic acids is 1. The molecular weight excluding hydrogens is 284 g/mol. The lowest BCUT2D eigenvalue weighted by atomic mass is 10.2. The first-order valence-corrected chi connectivity index (χ1v) is 6.15.